The molecule has 1 heterocycles. The second kappa shape index (κ2) is 6.51. The van der Waals surface area contributed by atoms with Crippen LogP contribution in [-0.4, -0.2) is 34.0 Å². The smallest absolute Gasteiger partial charge is 0.162 e. The molecular weight excluding hydrogens is 316 g/mol. The summed E-state index contributed by atoms with van der Waals surface area (Å²) in [6, 6.07) is 7.44. The monoisotopic (exact) mass is 336 g/mol. The molecule has 0 radical (unpaired) electrons. The molecule has 0 saturated heterocycles. The first kappa shape index (κ1) is 16.3. The maximum absolute atomic E-state index is 9.57. The Morgan fingerprint density at radius 2 is 2.04 bits per heavy atom. The van der Waals surface area contributed by atoms with E-state index in [-0.39, 0.29) is 12.1 Å². The molecule has 1 fully saturated rings. The zero-order chi connectivity index (χ0) is 16.4. The number of ether oxygens (including phenoxy) is 1. The van der Waals surface area contributed by atoms with Crippen molar-refractivity contribution in [2.24, 2.45) is 4.99 Å². The van der Waals surface area contributed by atoms with Crippen LogP contribution in [-0.2, 0) is 4.74 Å². The fraction of sp³-hybridized carbons (Fsp3) is 0.471. The Morgan fingerprint density at radius 1 is 1.30 bits per heavy atom. The second-order valence-electron chi connectivity index (χ2n) is 6.15. The van der Waals surface area contributed by atoms with Crippen LogP contribution in [0.15, 0.2) is 41.2 Å². The van der Waals surface area contributed by atoms with Crippen LogP contribution in [0.2, 0.25) is 5.02 Å². The maximum Gasteiger partial charge on any atom is 0.162 e. The Kier molecular flexibility index (Phi) is 4.62. The van der Waals surface area contributed by atoms with Crippen molar-refractivity contribution in [1.29, 1.82) is 0 Å². The number of nitrogens with zero attached hydrogens (tertiary/aromatic N) is 1. The minimum Gasteiger partial charge on any atom is -0.491 e. The molecule has 23 heavy (non-hydrogen) atoms. The summed E-state index contributed by atoms with van der Waals surface area (Å²) in [5, 5.41) is 23.0. The Labute approximate surface area is 140 Å². The van der Waals surface area contributed by atoms with Gasteiger partial charge in [0.2, 0.25) is 0 Å². The number of hydrogen-bond acceptors (Lipinski definition) is 5. The van der Waals surface area contributed by atoms with Crippen molar-refractivity contribution < 1.29 is 14.9 Å². The molecule has 2 aliphatic rings. The Balaban J connectivity index is 1.62. The number of halogens is 1. The van der Waals surface area contributed by atoms with Crippen LogP contribution in [0, 0.1) is 0 Å². The highest BCUT2D eigenvalue weighted by Gasteiger charge is 2.32. The summed E-state index contributed by atoms with van der Waals surface area (Å²) >= 11 is 6.02. The third kappa shape index (κ3) is 4.05. The summed E-state index contributed by atoms with van der Waals surface area (Å²) in [5.74, 6) is -0.00681. The van der Waals surface area contributed by atoms with Crippen molar-refractivity contribution in [2.45, 2.75) is 50.5 Å². The first-order chi connectivity index (χ1) is 10.9. The van der Waals surface area contributed by atoms with E-state index in [4.69, 9.17) is 16.3 Å². The Morgan fingerprint density at radius 3 is 2.70 bits per heavy atom. The molecule has 1 aliphatic carbocycles. The molecule has 0 bridgehead atoms. The van der Waals surface area contributed by atoms with E-state index < -0.39 is 5.79 Å². The molecule has 0 aromatic heterocycles. The van der Waals surface area contributed by atoms with E-state index in [0.29, 0.717) is 30.7 Å². The summed E-state index contributed by atoms with van der Waals surface area (Å²) in [6.45, 7) is 1.97. The quantitative estimate of drug-likeness (QED) is 0.742. The maximum atomic E-state index is 9.57. The van der Waals surface area contributed by atoms with Gasteiger partial charge >= 0.3 is 0 Å². The lowest BCUT2D eigenvalue weighted by Gasteiger charge is -2.33. The number of amidine groups is 1. The van der Waals surface area contributed by atoms with E-state index in [2.05, 4.69) is 10.3 Å². The van der Waals surface area contributed by atoms with Gasteiger partial charge < -0.3 is 20.3 Å². The first-order valence-electron chi connectivity index (χ1n) is 7.85. The molecule has 3 N–H and O–H groups in total. The van der Waals surface area contributed by atoms with E-state index in [1.54, 1.807) is 0 Å². The molecule has 3 rings (SSSR count). The number of benzene rings is 1. The average Bonchev–Trinajstić information content (AvgIpc) is 2.51. The number of hydrogen-bond donors (Lipinski definition) is 3. The predicted octanol–water partition coefficient (Wildman–Crippen LogP) is 2.56. The van der Waals surface area contributed by atoms with E-state index in [1.807, 2.05) is 37.4 Å². The van der Waals surface area contributed by atoms with Gasteiger partial charge in [0.25, 0.3) is 0 Å². The molecule has 6 heteroatoms. The molecule has 1 unspecified atom stereocenters. The minimum absolute atomic E-state index is 0.000782. The first-order valence-corrected chi connectivity index (χ1v) is 8.22. The molecule has 1 aliphatic heterocycles. The molecule has 1 saturated carbocycles. The number of rotatable bonds is 3. The normalized spacial score (nSPS) is 24.4. The van der Waals surface area contributed by atoms with Gasteiger partial charge in [0.15, 0.2) is 5.79 Å². The molecule has 0 spiro atoms. The van der Waals surface area contributed by atoms with Crippen LogP contribution in [0.25, 0.3) is 0 Å². The van der Waals surface area contributed by atoms with Gasteiger partial charge in [-0.3, -0.25) is 4.99 Å². The highest BCUT2D eigenvalue weighted by molar-refractivity contribution is 6.31. The van der Waals surface area contributed by atoms with Crippen molar-refractivity contribution >= 4 is 17.4 Å². The van der Waals surface area contributed by atoms with E-state index in [0.717, 1.165) is 17.2 Å². The summed E-state index contributed by atoms with van der Waals surface area (Å²) in [4.78, 5) is 4.62. The highest BCUT2D eigenvalue weighted by Crippen LogP contribution is 2.30. The van der Waals surface area contributed by atoms with Crippen LogP contribution < -0.4 is 5.32 Å². The number of nitrogens with one attached hydrogen (secondary N) is 1. The van der Waals surface area contributed by atoms with Crippen molar-refractivity contribution in [2.75, 3.05) is 0 Å². The molecular formula is C17H21ClN2O3. The van der Waals surface area contributed by atoms with Crippen molar-refractivity contribution in [1.82, 2.24) is 5.32 Å². The molecule has 5 nitrogen and oxygen atoms in total. The SMILES string of the molecule is CC1N=C(c2cccc(Cl)c2)NC=C1OC1CCC(O)(O)CC1. The molecule has 1 aromatic carbocycles. The van der Waals surface area contributed by atoms with Crippen molar-refractivity contribution in [3.8, 4) is 0 Å². The summed E-state index contributed by atoms with van der Waals surface area (Å²) in [6.07, 6.45) is 3.76. The number of aliphatic hydroxyl groups is 2. The fourth-order valence-corrected chi connectivity index (χ4v) is 3.03. The Hall–Kier alpha value is -1.56. The number of aliphatic imine (C=N–C) groups is 1. The van der Waals surface area contributed by atoms with Gasteiger partial charge in [-0.2, -0.15) is 0 Å². The molecule has 124 valence electrons. The average molecular weight is 337 g/mol. The van der Waals surface area contributed by atoms with Crippen LogP contribution in [0.1, 0.15) is 38.2 Å². The Bertz CT molecular complexity index is 632. The third-order valence-corrected chi connectivity index (χ3v) is 4.45. The lowest BCUT2D eigenvalue weighted by atomic mass is 9.92. The minimum atomic E-state index is -1.54. The van der Waals surface area contributed by atoms with E-state index >= 15 is 0 Å². The zero-order valence-electron chi connectivity index (χ0n) is 13.0. The summed E-state index contributed by atoms with van der Waals surface area (Å²) in [7, 11) is 0. The molecule has 1 atom stereocenters. The van der Waals surface area contributed by atoms with Crippen molar-refractivity contribution in [3.05, 3.63) is 46.8 Å². The third-order valence-electron chi connectivity index (χ3n) is 4.22. The van der Waals surface area contributed by atoms with Gasteiger partial charge in [-0.15, -0.1) is 0 Å². The van der Waals surface area contributed by atoms with Crippen molar-refractivity contribution in [3.63, 3.8) is 0 Å². The fourth-order valence-electron chi connectivity index (χ4n) is 2.84. The van der Waals surface area contributed by atoms with Gasteiger partial charge in [-0.1, -0.05) is 23.7 Å². The zero-order valence-corrected chi connectivity index (χ0v) is 13.8. The largest absolute Gasteiger partial charge is 0.491 e. The topological polar surface area (TPSA) is 74.1 Å². The summed E-state index contributed by atoms with van der Waals surface area (Å²) in [5.41, 5.74) is 0.933. The van der Waals surface area contributed by atoms with Gasteiger partial charge in [0.1, 0.15) is 17.6 Å². The lowest BCUT2D eigenvalue weighted by Crippen LogP contribution is -2.37. The second-order valence-corrected chi connectivity index (χ2v) is 6.59. The van der Waals surface area contributed by atoms with Crippen LogP contribution in [0.4, 0.5) is 0 Å². The van der Waals surface area contributed by atoms with E-state index in [9.17, 15) is 10.2 Å². The van der Waals surface area contributed by atoms with Gasteiger partial charge in [-0.25, -0.2) is 0 Å². The summed E-state index contributed by atoms with van der Waals surface area (Å²) < 4.78 is 5.99. The van der Waals surface area contributed by atoms with Gasteiger partial charge in [0, 0.05) is 29.6 Å². The standard InChI is InChI=1S/C17H21ClN2O3/c1-11-15(23-14-5-7-17(21,22)8-6-14)10-19-16(20-11)12-3-2-4-13(18)9-12/h2-4,9-11,14,21-22H,5-8H2,1H3,(H,19,20). The van der Waals surface area contributed by atoms with Crippen LogP contribution in [0.5, 0.6) is 0 Å². The predicted molar refractivity (Wildman–Crippen MR) is 89.2 cm³/mol. The molecule has 0 amide bonds. The molecule has 1 aromatic rings. The van der Waals surface area contributed by atoms with E-state index in [1.165, 1.54) is 0 Å². The van der Waals surface area contributed by atoms with Crippen LogP contribution in [0.3, 0.4) is 0 Å². The van der Waals surface area contributed by atoms with Crippen LogP contribution >= 0.6 is 11.6 Å². The lowest BCUT2D eigenvalue weighted by molar-refractivity contribution is -0.193. The highest BCUT2D eigenvalue weighted by atomic mass is 35.5. The van der Waals surface area contributed by atoms with Gasteiger partial charge in [0.05, 0.1) is 6.10 Å². The van der Waals surface area contributed by atoms with Gasteiger partial charge in [-0.05, 0) is 31.9 Å².